The molecular weight excluding hydrogens is 412 g/mol. The van der Waals surface area contributed by atoms with Crippen LogP contribution in [0.3, 0.4) is 0 Å². The quantitative estimate of drug-likeness (QED) is 0.622. The summed E-state index contributed by atoms with van der Waals surface area (Å²) in [7, 11) is 2.02. The lowest BCUT2D eigenvalue weighted by Gasteiger charge is -2.33. The summed E-state index contributed by atoms with van der Waals surface area (Å²) in [5, 5.41) is 3.21. The van der Waals surface area contributed by atoms with Crippen molar-refractivity contribution in [1.82, 2.24) is 19.9 Å². The van der Waals surface area contributed by atoms with Gasteiger partial charge in [0.15, 0.2) is 5.82 Å². The van der Waals surface area contributed by atoms with E-state index in [1.807, 2.05) is 24.1 Å². The van der Waals surface area contributed by atoms with Crippen molar-refractivity contribution in [3.63, 3.8) is 0 Å². The van der Waals surface area contributed by atoms with Crippen LogP contribution in [-0.2, 0) is 5.92 Å². The van der Waals surface area contributed by atoms with Gasteiger partial charge in [-0.05, 0) is 37.1 Å². The first-order valence-corrected chi connectivity index (χ1v) is 10.4. The van der Waals surface area contributed by atoms with E-state index in [1.54, 1.807) is 18.5 Å². The van der Waals surface area contributed by atoms with Crippen LogP contribution in [0.2, 0.25) is 0 Å². The molecule has 0 bridgehead atoms. The number of hydrogen-bond acceptors (Lipinski definition) is 7. The summed E-state index contributed by atoms with van der Waals surface area (Å²) in [4.78, 5) is 21.2. The predicted octanol–water partition coefficient (Wildman–Crippen LogP) is 4.67. The van der Waals surface area contributed by atoms with Crippen molar-refractivity contribution in [3.05, 3.63) is 67.1 Å². The van der Waals surface area contributed by atoms with Crippen LogP contribution in [0.5, 0.6) is 0 Å². The van der Waals surface area contributed by atoms with Gasteiger partial charge in [0.05, 0.1) is 11.4 Å². The van der Waals surface area contributed by atoms with Gasteiger partial charge in [0.1, 0.15) is 18.0 Å². The standard InChI is InChI=1S/C23H25F2N7/c1-16(29-21-8-9-26-15-28-21)32-11-5-4-10-31(3)20-7-6-19(30-22(20)32)17-12-18(14-27-13-17)23(2,24)25/h6-9,12-15H,1,4-5,10-11H2,2-3H3,(H,26,28,29). The number of rotatable bonds is 5. The lowest BCUT2D eigenvalue weighted by Crippen LogP contribution is -2.33. The molecule has 0 saturated carbocycles. The lowest BCUT2D eigenvalue weighted by atomic mass is 10.1. The van der Waals surface area contributed by atoms with Crippen LogP contribution in [0.15, 0.2) is 61.6 Å². The SMILES string of the molecule is C=C(Nc1ccncn1)N1CCCCN(C)c2ccc(-c3cncc(C(C)(F)F)c3)nc21. The Hall–Kier alpha value is -3.62. The van der Waals surface area contributed by atoms with Crippen LogP contribution in [-0.4, -0.2) is 40.1 Å². The van der Waals surface area contributed by atoms with Gasteiger partial charge in [-0.1, -0.05) is 6.58 Å². The van der Waals surface area contributed by atoms with E-state index >= 15 is 0 Å². The predicted molar refractivity (Wildman–Crippen MR) is 122 cm³/mol. The summed E-state index contributed by atoms with van der Waals surface area (Å²) in [6.07, 6.45) is 7.81. The topological polar surface area (TPSA) is 70.1 Å². The first-order chi connectivity index (χ1) is 15.3. The number of nitrogens with one attached hydrogen (secondary N) is 1. The molecule has 0 fully saturated rings. The van der Waals surface area contributed by atoms with Gasteiger partial charge in [-0.25, -0.2) is 23.7 Å². The van der Waals surface area contributed by atoms with Gasteiger partial charge in [-0.3, -0.25) is 4.98 Å². The van der Waals surface area contributed by atoms with Crippen molar-refractivity contribution in [2.75, 3.05) is 35.3 Å². The Morgan fingerprint density at radius 2 is 1.94 bits per heavy atom. The molecule has 1 aliphatic rings. The normalized spacial score (nSPS) is 14.4. The zero-order chi connectivity index (χ0) is 22.7. The second kappa shape index (κ2) is 8.86. The van der Waals surface area contributed by atoms with E-state index in [0.717, 1.165) is 32.0 Å². The number of aromatic nitrogens is 4. The molecule has 0 atom stereocenters. The maximum Gasteiger partial charge on any atom is 0.272 e. The van der Waals surface area contributed by atoms with Gasteiger partial charge in [-0.2, -0.15) is 0 Å². The van der Waals surface area contributed by atoms with E-state index in [9.17, 15) is 8.78 Å². The van der Waals surface area contributed by atoms with E-state index in [2.05, 4.69) is 31.7 Å². The van der Waals surface area contributed by atoms with Crippen LogP contribution >= 0.6 is 0 Å². The molecule has 0 aliphatic carbocycles. The molecule has 0 radical (unpaired) electrons. The molecule has 0 unspecified atom stereocenters. The highest BCUT2D eigenvalue weighted by molar-refractivity contribution is 5.75. The van der Waals surface area contributed by atoms with E-state index in [-0.39, 0.29) is 5.56 Å². The Bertz CT molecular complexity index is 1100. The Morgan fingerprint density at radius 1 is 1.12 bits per heavy atom. The van der Waals surface area contributed by atoms with Crippen LogP contribution in [0, 0.1) is 0 Å². The molecule has 1 aliphatic heterocycles. The molecule has 7 nitrogen and oxygen atoms in total. The fourth-order valence-corrected chi connectivity index (χ4v) is 3.61. The molecule has 0 aromatic carbocycles. The second-order valence-electron chi connectivity index (χ2n) is 7.84. The highest BCUT2D eigenvalue weighted by atomic mass is 19.3. The molecule has 3 aromatic rings. The zero-order valence-corrected chi connectivity index (χ0v) is 18.1. The molecule has 0 saturated heterocycles. The fraction of sp³-hybridized carbons (Fsp3) is 0.304. The van der Waals surface area contributed by atoms with Crippen LogP contribution in [0.4, 0.5) is 26.1 Å². The number of anilines is 3. The summed E-state index contributed by atoms with van der Waals surface area (Å²) in [6.45, 7) is 6.67. The Morgan fingerprint density at radius 3 is 2.69 bits per heavy atom. The van der Waals surface area contributed by atoms with Crippen molar-refractivity contribution in [2.45, 2.75) is 25.7 Å². The third-order valence-corrected chi connectivity index (χ3v) is 5.37. The molecule has 4 rings (SSSR count). The summed E-state index contributed by atoms with van der Waals surface area (Å²) in [5.74, 6) is -1.03. The summed E-state index contributed by atoms with van der Waals surface area (Å²) < 4.78 is 27.7. The summed E-state index contributed by atoms with van der Waals surface area (Å²) >= 11 is 0. The molecule has 1 N–H and O–H groups in total. The highest BCUT2D eigenvalue weighted by Crippen LogP contribution is 2.35. The number of pyridine rings is 2. The van der Waals surface area contributed by atoms with Gasteiger partial charge in [0.2, 0.25) is 0 Å². The lowest BCUT2D eigenvalue weighted by molar-refractivity contribution is 0.0171. The van der Waals surface area contributed by atoms with E-state index < -0.39 is 5.92 Å². The fourth-order valence-electron chi connectivity index (χ4n) is 3.61. The molecule has 9 heteroatoms. The number of alkyl halides is 2. The van der Waals surface area contributed by atoms with Gasteiger partial charge in [0, 0.05) is 56.8 Å². The smallest absolute Gasteiger partial charge is 0.272 e. The minimum absolute atomic E-state index is 0.146. The van der Waals surface area contributed by atoms with Gasteiger partial charge < -0.3 is 15.1 Å². The number of hydrogen-bond donors (Lipinski definition) is 1. The van der Waals surface area contributed by atoms with Crippen LogP contribution in [0.25, 0.3) is 11.3 Å². The van der Waals surface area contributed by atoms with Gasteiger partial charge >= 0.3 is 0 Å². The average Bonchev–Trinajstić information content (AvgIpc) is 2.77. The maximum atomic E-state index is 13.8. The van der Waals surface area contributed by atoms with E-state index in [4.69, 9.17) is 4.98 Å². The van der Waals surface area contributed by atoms with Gasteiger partial charge in [-0.15, -0.1) is 0 Å². The van der Waals surface area contributed by atoms with Crippen molar-refractivity contribution < 1.29 is 8.78 Å². The minimum Gasteiger partial charge on any atom is -0.372 e. The van der Waals surface area contributed by atoms with Crippen molar-refractivity contribution in [1.29, 1.82) is 0 Å². The third kappa shape index (κ3) is 4.66. The highest BCUT2D eigenvalue weighted by Gasteiger charge is 2.26. The van der Waals surface area contributed by atoms with Crippen LogP contribution < -0.4 is 15.1 Å². The summed E-state index contributed by atoms with van der Waals surface area (Å²) in [6, 6.07) is 7.00. The number of nitrogens with zero attached hydrogens (tertiary/aromatic N) is 6. The molecule has 166 valence electrons. The second-order valence-corrected chi connectivity index (χ2v) is 7.84. The molecule has 0 spiro atoms. The molecule has 0 amide bonds. The van der Waals surface area contributed by atoms with E-state index in [1.165, 1.54) is 18.6 Å². The van der Waals surface area contributed by atoms with E-state index in [0.29, 0.717) is 35.3 Å². The summed E-state index contributed by atoms with van der Waals surface area (Å²) in [5.41, 5.74) is 1.89. The average molecular weight is 437 g/mol. The largest absolute Gasteiger partial charge is 0.372 e. The minimum atomic E-state index is -2.98. The number of fused-ring (bicyclic) bond motifs is 1. The Balaban J connectivity index is 1.74. The molecule has 4 heterocycles. The first-order valence-electron chi connectivity index (χ1n) is 10.4. The van der Waals surface area contributed by atoms with Crippen LogP contribution in [0.1, 0.15) is 25.3 Å². The Labute approximate surface area is 185 Å². The third-order valence-electron chi connectivity index (χ3n) is 5.37. The number of halogens is 2. The first kappa shape index (κ1) is 21.6. The Kier molecular flexibility index (Phi) is 5.98. The molecular formula is C23H25F2N7. The maximum absolute atomic E-state index is 13.8. The van der Waals surface area contributed by atoms with Crippen molar-refractivity contribution >= 4 is 17.3 Å². The monoisotopic (exact) mass is 437 g/mol. The molecule has 32 heavy (non-hydrogen) atoms. The van der Waals surface area contributed by atoms with Crippen molar-refractivity contribution in [3.8, 4) is 11.3 Å². The zero-order valence-electron chi connectivity index (χ0n) is 18.1. The molecule has 3 aromatic heterocycles. The van der Waals surface area contributed by atoms with Gasteiger partial charge in [0.25, 0.3) is 5.92 Å². The van der Waals surface area contributed by atoms with Crippen molar-refractivity contribution in [2.24, 2.45) is 0 Å².